The topological polar surface area (TPSA) is 29.1 Å². The first-order chi connectivity index (χ1) is 5.31. The van der Waals surface area contributed by atoms with Crippen LogP contribution in [0, 0.1) is 0 Å². The zero-order valence-corrected chi connectivity index (χ0v) is 7.65. The maximum absolute atomic E-state index is 11.0. The van der Waals surface area contributed by atoms with Gasteiger partial charge in [-0.2, -0.15) is 0 Å². The van der Waals surface area contributed by atoms with Crippen molar-refractivity contribution in [1.29, 1.82) is 0 Å². The quantitative estimate of drug-likeness (QED) is 0.570. The van der Waals surface area contributed by atoms with E-state index in [0.29, 0.717) is 12.3 Å². The highest BCUT2D eigenvalue weighted by Crippen LogP contribution is 1.93. The number of rotatable bonds is 7. The Balaban J connectivity index is 3.09. The number of Topliss-reactive ketones (excluding diaryl/α,β-unsaturated/α-hetero) is 1. The van der Waals surface area contributed by atoms with E-state index in [2.05, 4.69) is 19.2 Å². The van der Waals surface area contributed by atoms with Crippen molar-refractivity contribution in [2.24, 2.45) is 0 Å². The van der Waals surface area contributed by atoms with Crippen molar-refractivity contribution in [3.05, 3.63) is 0 Å². The van der Waals surface area contributed by atoms with Gasteiger partial charge in [0.15, 0.2) is 0 Å². The summed E-state index contributed by atoms with van der Waals surface area (Å²) in [5, 5.41) is 3.09. The Kier molecular flexibility index (Phi) is 7.47. The van der Waals surface area contributed by atoms with E-state index in [0.717, 1.165) is 32.2 Å². The highest BCUT2D eigenvalue weighted by molar-refractivity contribution is 5.80. The lowest BCUT2D eigenvalue weighted by Crippen LogP contribution is -2.23. The third kappa shape index (κ3) is 7.53. The Morgan fingerprint density at radius 3 is 2.55 bits per heavy atom. The molecule has 0 unspecified atom stereocenters. The Labute approximate surface area is 69.4 Å². The van der Waals surface area contributed by atoms with Gasteiger partial charge in [-0.1, -0.05) is 20.3 Å². The summed E-state index contributed by atoms with van der Waals surface area (Å²) >= 11 is 0. The number of hydrogen-bond acceptors (Lipinski definition) is 2. The number of ketones is 1. The van der Waals surface area contributed by atoms with E-state index in [1.165, 1.54) is 0 Å². The van der Waals surface area contributed by atoms with E-state index in [1.807, 2.05) is 0 Å². The minimum absolute atomic E-state index is 0.348. The van der Waals surface area contributed by atoms with E-state index >= 15 is 0 Å². The molecule has 0 spiro atoms. The van der Waals surface area contributed by atoms with E-state index in [9.17, 15) is 4.79 Å². The molecule has 0 rings (SSSR count). The van der Waals surface area contributed by atoms with Crippen molar-refractivity contribution in [3.8, 4) is 0 Å². The number of nitrogens with one attached hydrogen (secondary N) is 1. The van der Waals surface area contributed by atoms with Crippen LogP contribution in [0.2, 0.25) is 0 Å². The summed E-state index contributed by atoms with van der Waals surface area (Å²) in [7, 11) is 0. The number of carbonyl (C=O) groups is 1. The molecule has 0 heterocycles. The predicted molar refractivity (Wildman–Crippen MR) is 47.7 cm³/mol. The lowest BCUT2D eigenvalue weighted by molar-refractivity contribution is -0.118. The molecule has 0 aromatic rings. The molecule has 66 valence electrons. The number of unbranched alkanes of at least 4 members (excludes halogenated alkanes) is 1. The smallest absolute Gasteiger partial charge is 0.146 e. The van der Waals surface area contributed by atoms with Crippen LogP contribution in [0.5, 0.6) is 0 Å². The van der Waals surface area contributed by atoms with Crippen LogP contribution >= 0.6 is 0 Å². The van der Waals surface area contributed by atoms with Gasteiger partial charge in [-0.15, -0.1) is 0 Å². The van der Waals surface area contributed by atoms with Crippen molar-refractivity contribution in [2.45, 2.75) is 39.5 Å². The lowest BCUT2D eigenvalue weighted by Gasteiger charge is -2.00. The first kappa shape index (κ1) is 10.6. The summed E-state index contributed by atoms with van der Waals surface area (Å²) in [4.78, 5) is 11.0. The molecule has 0 saturated heterocycles. The molecule has 2 heteroatoms. The minimum Gasteiger partial charge on any atom is -0.310 e. The van der Waals surface area contributed by atoms with E-state index < -0.39 is 0 Å². The summed E-state index contributed by atoms with van der Waals surface area (Å²) in [5.74, 6) is 0.348. The Hall–Kier alpha value is -0.370. The van der Waals surface area contributed by atoms with Gasteiger partial charge in [0.1, 0.15) is 5.78 Å². The van der Waals surface area contributed by atoms with Gasteiger partial charge in [-0.3, -0.25) is 4.79 Å². The Morgan fingerprint density at radius 2 is 2.00 bits per heavy atom. The molecule has 0 bridgehead atoms. The van der Waals surface area contributed by atoms with Crippen LogP contribution in [0.1, 0.15) is 39.5 Å². The summed E-state index contributed by atoms with van der Waals surface area (Å²) in [5.41, 5.74) is 0. The normalized spacial score (nSPS) is 10.0. The third-order valence-corrected chi connectivity index (χ3v) is 1.56. The fourth-order valence-electron chi connectivity index (χ4n) is 0.867. The summed E-state index contributed by atoms with van der Waals surface area (Å²) in [6.45, 7) is 5.72. The lowest BCUT2D eigenvalue weighted by atomic mass is 10.2. The van der Waals surface area contributed by atoms with Crippen LogP contribution in [0.25, 0.3) is 0 Å². The minimum atomic E-state index is 0.348. The van der Waals surface area contributed by atoms with Gasteiger partial charge in [-0.25, -0.2) is 0 Å². The fraction of sp³-hybridized carbons (Fsp3) is 0.889. The van der Waals surface area contributed by atoms with Gasteiger partial charge in [0.2, 0.25) is 0 Å². The van der Waals surface area contributed by atoms with Crippen LogP contribution in [-0.2, 0) is 4.79 Å². The van der Waals surface area contributed by atoms with Crippen LogP contribution in [0.3, 0.4) is 0 Å². The van der Waals surface area contributed by atoms with E-state index in [1.54, 1.807) is 0 Å². The largest absolute Gasteiger partial charge is 0.310 e. The molecule has 0 saturated carbocycles. The van der Waals surface area contributed by atoms with Crippen molar-refractivity contribution >= 4 is 5.78 Å². The van der Waals surface area contributed by atoms with E-state index in [4.69, 9.17) is 0 Å². The molecule has 0 aromatic heterocycles. The van der Waals surface area contributed by atoms with Crippen LogP contribution in [-0.4, -0.2) is 18.9 Å². The molecule has 0 aliphatic heterocycles. The Bertz CT molecular complexity index is 102. The van der Waals surface area contributed by atoms with Crippen LogP contribution in [0.15, 0.2) is 0 Å². The molecule has 0 aliphatic carbocycles. The van der Waals surface area contributed by atoms with Crippen LogP contribution < -0.4 is 5.32 Å². The first-order valence-corrected chi connectivity index (χ1v) is 4.53. The summed E-state index contributed by atoms with van der Waals surface area (Å²) in [6, 6.07) is 0. The average Bonchev–Trinajstić information content (AvgIpc) is 2.01. The van der Waals surface area contributed by atoms with Gasteiger partial charge < -0.3 is 5.32 Å². The first-order valence-electron chi connectivity index (χ1n) is 4.53. The molecule has 2 nitrogen and oxygen atoms in total. The van der Waals surface area contributed by atoms with Gasteiger partial charge in [0.25, 0.3) is 0 Å². The second-order valence-electron chi connectivity index (χ2n) is 2.82. The van der Waals surface area contributed by atoms with Crippen molar-refractivity contribution < 1.29 is 4.79 Å². The molecule has 0 aliphatic rings. The highest BCUT2D eigenvalue weighted by Gasteiger charge is 1.98. The molecule has 0 fully saturated rings. The predicted octanol–water partition coefficient (Wildman–Crippen LogP) is 1.75. The third-order valence-electron chi connectivity index (χ3n) is 1.56. The van der Waals surface area contributed by atoms with Crippen molar-refractivity contribution in [1.82, 2.24) is 5.32 Å². The highest BCUT2D eigenvalue weighted by atomic mass is 16.1. The zero-order valence-electron chi connectivity index (χ0n) is 7.65. The van der Waals surface area contributed by atoms with Gasteiger partial charge >= 0.3 is 0 Å². The molecule has 0 amide bonds. The summed E-state index contributed by atoms with van der Waals surface area (Å²) < 4.78 is 0. The van der Waals surface area contributed by atoms with Gasteiger partial charge in [0.05, 0.1) is 6.54 Å². The number of hydrogen-bond donors (Lipinski definition) is 1. The molecule has 1 N–H and O–H groups in total. The molecule has 0 aromatic carbocycles. The Morgan fingerprint density at radius 1 is 1.27 bits per heavy atom. The maximum Gasteiger partial charge on any atom is 0.146 e. The molecule has 0 atom stereocenters. The van der Waals surface area contributed by atoms with Gasteiger partial charge in [-0.05, 0) is 19.4 Å². The molecular weight excluding hydrogens is 138 g/mol. The van der Waals surface area contributed by atoms with Crippen molar-refractivity contribution in [2.75, 3.05) is 13.1 Å². The second-order valence-corrected chi connectivity index (χ2v) is 2.82. The zero-order chi connectivity index (χ0) is 8.53. The SMILES string of the molecule is CCCCC(=O)CNCCC. The summed E-state index contributed by atoms with van der Waals surface area (Å²) in [6.07, 6.45) is 3.99. The number of carbonyl (C=O) groups excluding carboxylic acids is 1. The standard InChI is InChI=1S/C9H19NO/c1-3-5-6-9(11)8-10-7-4-2/h10H,3-8H2,1-2H3. The molecular formula is C9H19NO. The fourth-order valence-corrected chi connectivity index (χ4v) is 0.867. The molecule has 11 heavy (non-hydrogen) atoms. The second kappa shape index (κ2) is 7.73. The monoisotopic (exact) mass is 157 g/mol. The molecule has 0 radical (unpaired) electrons. The van der Waals surface area contributed by atoms with Crippen LogP contribution in [0.4, 0.5) is 0 Å². The average molecular weight is 157 g/mol. The van der Waals surface area contributed by atoms with Crippen molar-refractivity contribution in [3.63, 3.8) is 0 Å². The van der Waals surface area contributed by atoms with Gasteiger partial charge in [0, 0.05) is 6.42 Å². The van der Waals surface area contributed by atoms with E-state index in [-0.39, 0.29) is 0 Å². The maximum atomic E-state index is 11.0.